The number of nitrogens with zero attached hydrogens (tertiary/aromatic N) is 1. The lowest BCUT2D eigenvalue weighted by Gasteiger charge is -2.14. The Morgan fingerprint density at radius 3 is 2.30 bits per heavy atom. The van der Waals surface area contributed by atoms with Gasteiger partial charge in [-0.25, -0.2) is 0 Å². The van der Waals surface area contributed by atoms with Crippen molar-refractivity contribution in [1.29, 1.82) is 0 Å². The minimum Gasteiger partial charge on any atom is -0.294 e. The Bertz CT molecular complexity index is 116. The first kappa shape index (κ1) is 9.96. The van der Waals surface area contributed by atoms with Gasteiger partial charge in [0.1, 0.15) is 0 Å². The lowest BCUT2D eigenvalue weighted by atomic mass is 9.99. The van der Waals surface area contributed by atoms with E-state index in [9.17, 15) is 0 Å². The highest BCUT2D eigenvalue weighted by molar-refractivity contribution is 6.19. The second kappa shape index (κ2) is 3.97. The van der Waals surface area contributed by atoms with Crippen LogP contribution in [-0.2, 0) is 0 Å². The van der Waals surface area contributed by atoms with E-state index in [1.807, 2.05) is 6.21 Å². The number of alkyl halides is 1. The summed E-state index contributed by atoms with van der Waals surface area (Å²) in [5, 5.41) is 0. The summed E-state index contributed by atoms with van der Waals surface area (Å²) >= 11 is 5.69. The van der Waals surface area contributed by atoms with Crippen LogP contribution in [0.1, 0.15) is 27.7 Å². The third-order valence-corrected chi connectivity index (χ3v) is 1.76. The summed E-state index contributed by atoms with van der Waals surface area (Å²) in [5.41, 5.74) is 0.0474. The summed E-state index contributed by atoms with van der Waals surface area (Å²) in [5.74, 6) is 0.628. The average molecular weight is 162 g/mol. The maximum atomic E-state index is 5.69. The van der Waals surface area contributed by atoms with E-state index in [-0.39, 0.29) is 5.41 Å². The molecule has 0 N–H and O–H groups in total. The summed E-state index contributed by atoms with van der Waals surface area (Å²) in [6.45, 7) is 8.26. The number of halogens is 1. The molecule has 0 aromatic heterocycles. The van der Waals surface area contributed by atoms with Crippen LogP contribution >= 0.6 is 11.6 Å². The fourth-order valence-corrected chi connectivity index (χ4v) is 0.454. The minimum atomic E-state index is 0.0474. The number of aliphatic imine (C=N–C) groups is 1. The molecule has 0 atom stereocenters. The molecule has 0 aliphatic carbocycles. The van der Waals surface area contributed by atoms with Crippen molar-refractivity contribution < 1.29 is 0 Å². The van der Waals surface area contributed by atoms with Crippen molar-refractivity contribution in [2.75, 3.05) is 5.88 Å². The van der Waals surface area contributed by atoms with E-state index in [1.165, 1.54) is 0 Å². The minimum absolute atomic E-state index is 0.0474. The lowest BCUT2D eigenvalue weighted by Crippen LogP contribution is -2.15. The molecule has 0 aromatic carbocycles. The smallest absolute Gasteiger partial charge is 0.0439 e. The van der Waals surface area contributed by atoms with Crippen LogP contribution in [0.15, 0.2) is 4.99 Å². The predicted molar refractivity (Wildman–Crippen MR) is 48.1 cm³/mol. The normalized spacial score (nSPS) is 13.4. The van der Waals surface area contributed by atoms with Crippen molar-refractivity contribution in [1.82, 2.24) is 0 Å². The van der Waals surface area contributed by atoms with Gasteiger partial charge in [0.05, 0.1) is 0 Å². The standard InChI is InChI=1S/C8H16ClN/c1-7(2)10-6-8(3,4)5-9/h6-7H,5H2,1-4H3. The Morgan fingerprint density at radius 2 is 2.00 bits per heavy atom. The monoisotopic (exact) mass is 161 g/mol. The van der Waals surface area contributed by atoms with Crippen LogP contribution in [0, 0.1) is 5.41 Å². The molecule has 0 saturated carbocycles. The Labute approximate surface area is 68.5 Å². The average Bonchev–Trinajstić information content (AvgIpc) is 1.85. The first-order chi connectivity index (χ1) is 4.48. The van der Waals surface area contributed by atoms with Gasteiger partial charge in [0.25, 0.3) is 0 Å². The van der Waals surface area contributed by atoms with Gasteiger partial charge in [0.15, 0.2) is 0 Å². The Morgan fingerprint density at radius 1 is 1.50 bits per heavy atom. The molecule has 0 aromatic rings. The molecular formula is C8H16ClN. The quantitative estimate of drug-likeness (QED) is 0.446. The largest absolute Gasteiger partial charge is 0.294 e. The van der Waals surface area contributed by atoms with Crippen molar-refractivity contribution in [3.05, 3.63) is 0 Å². The molecule has 0 bridgehead atoms. The molecule has 60 valence electrons. The number of hydrogen-bond acceptors (Lipinski definition) is 1. The number of hydrogen-bond donors (Lipinski definition) is 0. The van der Waals surface area contributed by atoms with Crippen molar-refractivity contribution >= 4 is 17.8 Å². The van der Waals surface area contributed by atoms with Crippen molar-refractivity contribution in [3.8, 4) is 0 Å². The molecule has 0 spiro atoms. The van der Waals surface area contributed by atoms with Gasteiger partial charge >= 0.3 is 0 Å². The molecule has 1 nitrogen and oxygen atoms in total. The van der Waals surface area contributed by atoms with Gasteiger partial charge in [-0.2, -0.15) is 0 Å². The van der Waals surface area contributed by atoms with Gasteiger partial charge in [-0.15, -0.1) is 11.6 Å². The topological polar surface area (TPSA) is 12.4 Å². The summed E-state index contributed by atoms with van der Waals surface area (Å²) in [7, 11) is 0. The first-order valence-electron chi connectivity index (χ1n) is 3.58. The Hall–Kier alpha value is -0.0400. The van der Waals surface area contributed by atoms with Gasteiger partial charge in [-0.1, -0.05) is 13.8 Å². The lowest BCUT2D eigenvalue weighted by molar-refractivity contribution is 0.608. The molecule has 0 aliphatic heterocycles. The van der Waals surface area contributed by atoms with Crippen molar-refractivity contribution in [2.24, 2.45) is 10.4 Å². The van der Waals surface area contributed by atoms with Crippen molar-refractivity contribution in [2.45, 2.75) is 33.7 Å². The second-order valence-electron chi connectivity index (χ2n) is 3.49. The van der Waals surface area contributed by atoms with E-state index < -0.39 is 0 Å². The predicted octanol–water partition coefficient (Wildman–Crippen LogP) is 2.73. The third kappa shape index (κ3) is 4.80. The van der Waals surface area contributed by atoms with E-state index in [4.69, 9.17) is 11.6 Å². The van der Waals surface area contributed by atoms with Crippen LogP contribution in [0.3, 0.4) is 0 Å². The fourth-order valence-electron chi connectivity index (χ4n) is 0.385. The maximum Gasteiger partial charge on any atom is 0.0439 e. The molecule has 0 saturated heterocycles. The van der Waals surface area contributed by atoms with Crippen LogP contribution in [0.2, 0.25) is 0 Å². The van der Waals surface area contributed by atoms with E-state index >= 15 is 0 Å². The molecule has 0 aliphatic rings. The molecule has 10 heavy (non-hydrogen) atoms. The zero-order chi connectivity index (χ0) is 8.20. The van der Waals surface area contributed by atoms with Crippen LogP contribution in [0.25, 0.3) is 0 Å². The van der Waals surface area contributed by atoms with Gasteiger partial charge in [0, 0.05) is 23.6 Å². The summed E-state index contributed by atoms with van der Waals surface area (Å²) in [6.07, 6.45) is 1.94. The SMILES string of the molecule is CC(C)N=CC(C)(C)CCl. The van der Waals surface area contributed by atoms with Crippen LogP contribution < -0.4 is 0 Å². The van der Waals surface area contributed by atoms with E-state index in [0.717, 1.165) is 0 Å². The summed E-state index contributed by atoms with van der Waals surface area (Å²) < 4.78 is 0. The van der Waals surface area contributed by atoms with Gasteiger partial charge in [-0.05, 0) is 13.8 Å². The molecule has 0 radical (unpaired) electrons. The summed E-state index contributed by atoms with van der Waals surface area (Å²) in [6, 6.07) is 0.377. The van der Waals surface area contributed by atoms with E-state index in [0.29, 0.717) is 11.9 Å². The van der Waals surface area contributed by atoms with Gasteiger partial charge in [-0.3, -0.25) is 4.99 Å². The Balaban J connectivity index is 3.86. The molecule has 0 unspecified atom stereocenters. The summed E-state index contributed by atoms with van der Waals surface area (Å²) in [4.78, 5) is 4.26. The third-order valence-electron chi connectivity index (χ3n) is 1.07. The molecule has 2 heteroatoms. The van der Waals surface area contributed by atoms with Crippen LogP contribution in [0.5, 0.6) is 0 Å². The second-order valence-corrected chi connectivity index (χ2v) is 3.76. The molecule has 0 fully saturated rings. The highest BCUT2D eigenvalue weighted by atomic mass is 35.5. The Kier molecular flexibility index (Phi) is 3.95. The van der Waals surface area contributed by atoms with E-state index in [2.05, 4.69) is 32.7 Å². The fraction of sp³-hybridized carbons (Fsp3) is 0.875. The molecular weight excluding hydrogens is 146 g/mol. The highest BCUT2D eigenvalue weighted by Gasteiger charge is 2.12. The van der Waals surface area contributed by atoms with E-state index in [1.54, 1.807) is 0 Å². The van der Waals surface area contributed by atoms with Crippen LogP contribution in [-0.4, -0.2) is 18.1 Å². The molecule has 0 heterocycles. The van der Waals surface area contributed by atoms with Crippen molar-refractivity contribution in [3.63, 3.8) is 0 Å². The van der Waals surface area contributed by atoms with Crippen LogP contribution in [0.4, 0.5) is 0 Å². The molecule has 0 rings (SSSR count). The van der Waals surface area contributed by atoms with Gasteiger partial charge < -0.3 is 0 Å². The zero-order valence-electron chi connectivity index (χ0n) is 7.19. The zero-order valence-corrected chi connectivity index (χ0v) is 7.94. The molecule has 0 amide bonds. The first-order valence-corrected chi connectivity index (χ1v) is 4.12. The highest BCUT2D eigenvalue weighted by Crippen LogP contribution is 2.13. The number of rotatable bonds is 3. The maximum absolute atomic E-state index is 5.69. The van der Waals surface area contributed by atoms with Gasteiger partial charge in [0.2, 0.25) is 0 Å².